The maximum absolute atomic E-state index is 8.87. The molecule has 0 aliphatic rings. The van der Waals surface area contributed by atoms with Gasteiger partial charge in [0.25, 0.3) is 0 Å². The standard InChI is InChI=1S/C9H7ClIN3O.C6H3ClIN3/c10-6-1-2-9(8(11)3-6)14-4-7(5-15)12-13-14;7-4-1-2-6(10-11-9)5(8)3-4/h1-4,15H,5H2;1-3H. The molecule has 0 amide bonds. The summed E-state index contributed by atoms with van der Waals surface area (Å²) in [4.78, 5) is 2.67. The fourth-order valence-electron chi connectivity index (χ4n) is 1.77. The van der Waals surface area contributed by atoms with Crippen LogP contribution in [0.2, 0.25) is 10.0 Å². The lowest BCUT2D eigenvalue weighted by molar-refractivity contribution is 0.276. The fourth-order valence-corrected chi connectivity index (χ4v) is 3.86. The summed E-state index contributed by atoms with van der Waals surface area (Å²) in [5.74, 6) is 0. The van der Waals surface area contributed by atoms with E-state index < -0.39 is 0 Å². The molecule has 0 unspecified atom stereocenters. The molecule has 1 N–H and O–H groups in total. The van der Waals surface area contributed by atoms with E-state index >= 15 is 0 Å². The average Bonchev–Trinajstić information content (AvgIpc) is 3.07. The van der Waals surface area contributed by atoms with Crippen molar-refractivity contribution in [2.45, 2.75) is 6.61 Å². The van der Waals surface area contributed by atoms with Crippen molar-refractivity contribution in [3.05, 3.63) is 75.9 Å². The fraction of sp³-hybridized carbons (Fsp3) is 0.0667. The third kappa shape index (κ3) is 5.96. The summed E-state index contributed by atoms with van der Waals surface area (Å²) in [6, 6.07) is 10.6. The Kier molecular flexibility index (Phi) is 8.38. The van der Waals surface area contributed by atoms with E-state index in [1.165, 1.54) is 0 Å². The van der Waals surface area contributed by atoms with E-state index in [1.54, 1.807) is 35.1 Å². The van der Waals surface area contributed by atoms with E-state index in [0.717, 1.165) is 12.8 Å². The Labute approximate surface area is 186 Å². The van der Waals surface area contributed by atoms with Crippen molar-refractivity contribution in [1.29, 1.82) is 0 Å². The van der Waals surface area contributed by atoms with Crippen LogP contribution in [0, 0.1) is 7.14 Å². The van der Waals surface area contributed by atoms with Gasteiger partial charge in [0.2, 0.25) is 0 Å². The Balaban J connectivity index is 0.000000197. The number of azide groups is 1. The third-order valence-corrected chi connectivity index (χ3v) is 5.12. The maximum Gasteiger partial charge on any atom is 0.109 e. The molecule has 11 heteroatoms. The van der Waals surface area contributed by atoms with E-state index in [0.29, 0.717) is 21.4 Å². The summed E-state index contributed by atoms with van der Waals surface area (Å²) in [6.45, 7) is -0.107. The molecule has 26 heavy (non-hydrogen) atoms. The zero-order valence-corrected chi connectivity index (χ0v) is 18.7. The monoisotopic (exact) mass is 614 g/mol. The van der Waals surface area contributed by atoms with Gasteiger partial charge in [-0.15, -0.1) is 5.10 Å². The summed E-state index contributed by atoms with van der Waals surface area (Å²) in [7, 11) is 0. The van der Waals surface area contributed by atoms with E-state index in [2.05, 4.69) is 65.5 Å². The molecule has 0 aliphatic heterocycles. The first-order chi connectivity index (χ1) is 12.4. The van der Waals surface area contributed by atoms with Crippen LogP contribution in [0.5, 0.6) is 0 Å². The number of rotatable bonds is 3. The largest absolute Gasteiger partial charge is 0.390 e. The van der Waals surface area contributed by atoms with Gasteiger partial charge >= 0.3 is 0 Å². The zero-order valence-electron chi connectivity index (χ0n) is 12.9. The van der Waals surface area contributed by atoms with Crippen LogP contribution in [-0.2, 0) is 6.61 Å². The number of halogens is 4. The van der Waals surface area contributed by atoms with Crippen LogP contribution in [0.25, 0.3) is 16.1 Å². The Morgan fingerprint density at radius 3 is 2.31 bits per heavy atom. The van der Waals surface area contributed by atoms with E-state index in [1.807, 2.05) is 12.1 Å². The topological polar surface area (TPSA) is 99.7 Å². The number of hydrogen-bond acceptors (Lipinski definition) is 4. The minimum absolute atomic E-state index is 0.107. The highest BCUT2D eigenvalue weighted by Crippen LogP contribution is 2.24. The summed E-state index contributed by atoms with van der Waals surface area (Å²) in [5.41, 5.74) is 10.2. The molecule has 3 rings (SSSR count). The van der Waals surface area contributed by atoms with Crippen LogP contribution in [0.4, 0.5) is 5.69 Å². The first kappa shape index (κ1) is 21.2. The van der Waals surface area contributed by atoms with Crippen molar-refractivity contribution in [3.63, 3.8) is 0 Å². The predicted molar refractivity (Wildman–Crippen MR) is 118 cm³/mol. The lowest BCUT2D eigenvalue weighted by Crippen LogP contribution is -1.97. The van der Waals surface area contributed by atoms with Crippen molar-refractivity contribution >= 4 is 74.1 Å². The summed E-state index contributed by atoms with van der Waals surface area (Å²) >= 11 is 15.8. The number of hydrogen-bond donors (Lipinski definition) is 1. The van der Waals surface area contributed by atoms with Crippen molar-refractivity contribution in [3.8, 4) is 5.69 Å². The molecule has 0 saturated carbocycles. The molecule has 134 valence electrons. The lowest BCUT2D eigenvalue weighted by Gasteiger charge is -2.03. The maximum atomic E-state index is 8.87. The molecule has 7 nitrogen and oxygen atoms in total. The summed E-state index contributed by atoms with van der Waals surface area (Å²) in [6.07, 6.45) is 1.69. The van der Waals surface area contributed by atoms with Gasteiger partial charge in [0, 0.05) is 22.1 Å². The Hall–Kier alpha value is -1.11. The van der Waals surface area contributed by atoms with Gasteiger partial charge in [0.15, 0.2) is 0 Å². The number of aromatic nitrogens is 3. The summed E-state index contributed by atoms with van der Waals surface area (Å²) < 4.78 is 3.45. The molecule has 0 saturated heterocycles. The van der Waals surface area contributed by atoms with Crippen LogP contribution in [0.1, 0.15) is 5.69 Å². The van der Waals surface area contributed by atoms with Crippen LogP contribution in [-0.4, -0.2) is 20.1 Å². The average molecular weight is 615 g/mol. The molecule has 0 radical (unpaired) electrons. The quantitative estimate of drug-likeness (QED) is 0.172. The molecule has 3 aromatic rings. The molecule has 0 fully saturated rings. The van der Waals surface area contributed by atoms with Gasteiger partial charge in [-0.25, -0.2) is 4.68 Å². The SMILES string of the molecule is OCc1cn(-c2ccc(Cl)cc2I)nn1.[N-]=[N+]=Nc1ccc(Cl)cc1I. The highest BCUT2D eigenvalue weighted by Gasteiger charge is 2.05. The van der Waals surface area contributed by atoms with Gasteiger partial charge in [-0.1, -0.05) is 39.6 Å². The smallest absolute Gasteiger partial charge is 0.109 e. The Bertz CT molecular complexity index is 959. The molecule has 0 bridgehead atoms. The van der Waals surface area contributed by atoms with E-state index in [-0.39, 0.29) is 6.61 Å². The molecule has 2 aromatic carbocycles. The van der Waals surface area contributed by atoms with Gasteiger partial charge in [-0.05, 0) is 81.0 Å². The first-order valence-corrected chi connectivity index (χ1v) is 9.83. The Morgan fingerprint density at radius 2 is 1.77 bits per heavy atom. The number of aliphatic hydroxyl groups is 1. The van der Waals surface area contributed by atoms with Crippen molar-refractivity contribution in [2.24, 2.45) is 5.11 Å². The molecule has 0 spiro atoms. The molecule has 0 aliphatic carbocycles. The summed E-state index contributed by atoms with van der Waals surface area (Å²) in [5, 5.41) is 21.4. The molecular formula is C15H10Cl2I2N6O. The third-order valence-electron chi connectivity index (χ3n) is 2.92. The first-order valence-electron chi connectivity index (χ1n) is 6.92. The van der Waals surface area contributed by atoms with Gasteiger partial charge in [0.1, 0.15) is 5.69 Å². The second-order valence-corrected chi connectivity index (χ2v) is 7.89. The number of aliphatic hydroxyl groups excluding tert-OH is 1. The van der Waals surface area contributed by atoms with Crippen molar-refractivity contribution < 1.29 is 5.11 Å². The van der Waals surface area contributed by atoms with Crippen molar-refractivity contribution in [2.75, 3.05) is 0 Å². The lowest BCUT2D eigenvalue weighted by atomic mass is 10.3. The molecule has 1 heterocycles. The highest BCUT2D eigenvalue weighted by atomic mass is 127. The van der Waals surface area contributed by atoms with Crippen LogP contribution in [0.15, 0.2) is 47.7 Å². The van der Waals surface area contributed by atoms with Gasteiger partial charge in [-0.2, -0.15) is 0 Å². The minimum Gasteiger partial charge on any atom is -0.390 e. The Morgan fingerprint density at radius 1 is 1.12 bits per heavy atom. The second-order valence-electron chi connectivity index (χ2n) is 4.69. The van der Waals surface area contributed by atoms with Gasteiger partial charge in [0.05, 0.1) is 24.2 Å². The van der Waals surface area contributed by atoms with Crippen LogP contribution < -0.4 is 0 Å². The van der Waals surface area contributed by atoms with Crippen LogP contribution in [0.3, 0.4) is 0 Å². The van der Waals surface area contributed by atoms with Gasteiger partial charge in [-0.3, -0.25) is 0 Å². The van der Waals surface area contributed by atoms with E-state index in [4.69, 9.17) is 33.8 Å². The predicted octanol–water partition coefficient (Wildman–Crippen LogP) is 5.90. The van der Waals surface area contributed by atoms with E-state index in [9.17, 15) is 0 Å². The molecule has 0 atom stereocenters. The normalized spacial score (nSPS) is 9.88. The second kappa shape index (κ2) is 10.3. The highest BCUT2D eigenvalue weighted by molar-refractivity contribution is 14.1. The molecule has 1 aromatic heterocycles. The number of benzene rings is 2. The van der Waals surface area contributed by atoms with Gasteiger partial charge < -0.3 is 5.11 Å². The molecular weight excluding hydrogens is 605 g/mol. The minimum atomic E-state index is -0.107. The van der Waals surface area contributed by atoms with Crippen LogP contribution >= 0.6 is 68.4 Å². The number of nitrogens with zero attached hydrogens (tertiary/aromatic N) is 6. The van der Waals surface area contributed by atoms with Crippen molar-refractivity contribution in [1.82, 2.24) is 15.0 Å². The zero-order chi connectivity index (χ0) is 19.1.